The zero-order valence-corrected chi connectivity index (χ0v) is 12.5. The molecule has 0 amide bonds. The van der Waals surface area contributed by atoms with Crippen LogP contribution in [0.25, 0.3) is 0 Å². The van der Waals surface area contributed by atoms with Gasteiger partial charge >= 0.3 is 0 Å². The van der Waals surface area contributed by atoms with Crippen molar-refractivity contribution >= 4 is 15.7 Å². The molecule has 110 valence electrons. The number of nitrogens with one attached hydrogen (secondary N) is 1. The first-order valence-corrected chi connectivity index (χ1v) is 7.92. The first kappa shape index (κ1) is 16.5. The number of hydrogen-bond donors (Lipinski definition) is 2. The van der Waals surface area contributed by atoms with Gasteiger partial charge in [-0.2, -0.15) is 0 Å². The van der Waals surface area contributed by atoms with Crippen molar-refractivity contribution in [1.29, 1.82) is 0 Å². The lowest BCUT2D eigenvalue weighted by molar-refractivity contribution is 0.163. The maximum absolute atomic E-state index is 11.9. The molecule has 5 nitrogen and oxygen atoms in total. The van der Waals surface area contributed by atoms with Crippen LogP contribution in [0.1, 0.15) is 18.1 Å². The summed E-state index contributed by atoms with van der Waals surface area (Å²) in [6.07, 6.45) is 0. The normalized spacial score (nSPS) is 10.8. The number of aliphatic hydroxyl groups is 1. The molecule has 0 heterocycles. The van der Waals surface area contributed by atoms with Crippen LogP contribution in [-0.2, 0) is 14.8 Å². The van der Waals surface area contributed by atoms with Crippen LogP contribution in [0.2, 0.25) is 0 Å². The lowest BCUT2D eigenvalue weighted by Gasteiger charge is -2.10. The van der Waals surface area contributed by atoms with Crippen LogP contribution in [0, 0.1) is 18.8 Å². The minimum absolute atomic E-state index is 0.110. The van der Waals surface area contributed by atoms with Crippen LogP contribution in [0.15, 0.2) is 18.2 Å². The lowest BCUT2D eigenvalue weighted by atomic mass is 10.1. The molecule has 0 bridgehead atoms. The van der Waals surface area contributed by atoms with Gasteiger partial charge in [-0.05, 0) is 31.5 Å². The molecule has 0 aliphatic rings. The Morgan fingerprint density at radius 2 is 2.15 bits per heavy atom. The number of aliphatic hydroxyl groups excluding tert-OH is 1. The Labute approximate surface area is 120 Å². The van der Waals surface area contributed by atoms with Gasteiger partial charge in [-0.1, -0.05) is 17.9 Å². The van der Waals surface area contributed by atoms with Gasteiger partial charge in [0, 0.05) is 12.2 Å². The second-order valence-corrected chi connectivity index (χ2v) is 5.97. The summed E-state index contributed by atoms with van der Waals surface area (Å²) >= 11 is 0. The first-order chi connectivity index (χ1) is 9.48. The van der Waals surface area contributed by atoms with Gasteiger partial charge in [0.1, 0.15) is 6.61 Å². The van der Waals surface area contributed by atoms with E-state index < -0.39 is 10.0 Å². The van der Waals surface area contributed by atoms with E-state index in [2.05, 4.69) is 16.6 Å². The number of rotatable bonds is 6. The molecule has 0 aliphatic carbocycles. The number of aryl methyl sites for hydroxylation is 1. The highest BCUT2D eigenvalue weighted by Crippen LogP contribution is 2.17. The van der Waals surface area contributed by atoms with Gasteiger partial charge in [0.2, 0.25) is 10.0 Å². The van der Waals surface area contributed by atoms with Crippen molar-refractivity contribution in [3.8, 4) is 11.8 Å². The van der Waals surface area contributed by atoms with Gasteiger partial charge in [-0.3, -0.25) is 4.72 Å². The Balaban J connectivity index is 2.91. The monoisotopic (exact) mass is 297 g/mol. The third-order valence-corrected chi connectivity index (χ3v) is 3.68. The predicted molar refractivity (Wildman–Crippen MR) is 79.0 cm³/mol. The Morgan fingerprint density at radius 1 is 1.40 bits per heavy atom. The second-order valence-electron chi connectivity index (χ2n) is 4.13. The van der Waals surface area contributed by atoms with E-state index >= 15 is 0 Å². The fraction of sp³-hybridized carbons (Fsp3) is 0.429. The summed E-state index contributed by atoms with van der Waals surface area (Å²) in [6, 6.07) is 5.22. The average Bonchev–Trinajstić information content (AvgIpc) is 2.39. The van der Waals surface area contributed by atoms with Crippen LogP contribution in [-0.4, -0.2) is 39.1 Å². The van der Waals surface area contributed by atoms with E-state index in [0.29, 0.717) is 17.9 Å². The molecule has 6 heteroatoms. The molecule has 2 N–H and O–H groups in total. The number of hydrogen-bond acceptors (Lipinski definition) is 4. The van der Waals surface area contributed by atoms with E-state index in [1.165, 1.54) is 0 Å². The molecular weight excluding hydrogens is 278 g/mol. The molecule has 1 aromatic carbocycles. The Bertz CT molecular complexity index is 599. The zero-order chi connectivity index (χ0) is 15.0. The van der Waals surface area contributed by atoms with Crippen LogP contribution in [0.4, 0.5) is 5.69 Å². The summed E-state index contributed by atoms with van der Waals surface area (Å²) in [5, 5.41) is 8.73. The van der Waals surface area contributed by atoms with Crippen molar-refractivity contribution in [2.75, 3.05) is 30.3 Å². The van der Waals surface area contributed by atoms with Crippen molar-refractivity contribution in [3.05, 3.63) is 29.3 Å². The highest BCUT2D eigenvalue weighted by molar-refractivity contribution is 7.92. The summed E-state index contributed by atoms with van der Waals surface area (Å²) in [4.78, 5) is 0. The number of anilines is 1. The van der Waals surface area contributed by atoms with E-state index in [9.17, 15) is 8.42 Å². The van der Waals surface area contributed by atoms with E-state index in [-0.39, 0.29) is 19.0 Å². The van der Waals surface area contributed by atoms with Crippen molar-refractivity contribution in [2.45, 2.75) is 13.8 Å². The highest BCUT2D eigenvalue weighted by Gasteiger charge is 2.12. The topological polar surface area (TPSA) is 75.6 Å². The Kier molecular flexibility index (Phi) is 6.52. The maximum Gasteiger partial charge on any atom is 0.235 e. The van der Waals surface area contributed by atoms with Gasteiger partial charge < -0.3 is 9.84 Å². The molecule has 0 atom stereocenters. The molecule has 1 aromatic rings. The molecule has 0 saturated heterocycles. The van der Waals surface area contributed by atoms with Crippen molar-refractivity contribution < 1.29 is 18.3 Å². The van der Waals surface area contributed by atoms with Gasteiger partial charge in [0.25, 0.3) is 0 Å². The largest absolute Gasteiger partial charge is 0.384 e. The van der Waals surface area contributed by atoms with E-state index in [1.54, 1.807) is 18.2 Å². The third kappa shape index (κ3) is 5.61. The van der Waals surface area contributed by atoms with Crippen molar-refractivity contribution in [2.24, 2.45) is 0 Å². The minimum Gasteiger partial charge on any atom is -0.384 e. The molecule has 1 rings (SSSR count). The van der Waals surface area contributed by atoms with Gasteiger partial charge in [-0.25, -0.2) is 8.42 Å². The Hall–Kier alpha value is -1.55. The quantitative estimate of drug-likeness (QED) is 0.609. The standard InChI is InChI=1S/C14H19NO4S/c1-3-19-9-10-20(17,18)15-14-7-6-12(2)11-13(14)5-4-8-16/h6-7,11,15-16H,3,8-10H2,1-2H3. The fourth-order valence-corrected chi connectivity index (χ4v) is 2.47. The van der Waals surface area contributed by atoms with E-state index in [1.807, 2.05) is 13.8 Å². The van der Waals surface area contributed by atoms with Crippen LogP contribution < -0.4 is 4.72 Å². The van der Waals surface area contributed by atoms with E-state index in [4.69, 9.17) is 9.84 Å². The van der Waals surface area contributed by atoms with Crippen molar-refractivity contribution in [3.63, 3.8) is 0 Å². The molecule has 0 spiro atoms. The Morgan fingerprint density at radius 3 is 2.80 bits per heavy atom. The van der Waals surface area contributed by atoms with Crippen LogP contribution >= 0.6 is 0 Å². The van der Waals surface area contributed by atoms with Crippen molar-refractivity contribution in [1.82, 2.24) is 0 Å². The summed E-state index contributed by atoms with van der Waals surface area (Å²) in [7, 11) is -3.47. The predicted octanol–water partition coefficient (Wildman–Crippen LogP) is 1.12. The second kappa shape index (κ2) is 7.90. The maximum atomic E-state index is 11.9. The van der Waals surface area contributed by atoms with Gasteiger partial charge in [0.15, 0.2) is 0 Å². The van der Waals surface area contributed by atoms with E-state index in [0.717, 1.165) is 5.56 Å². The third-order valence-electron chi connectivity index (χ3n) is 2.44. The summed E-state index contributed by atoms with van der Waals surface area (Å²) in [5.41, 5.74) is 1.91. The summed E-state index contributed by atoms with van der Waals surface area (Å²) in [6.45, 7) is 4.05. The van der Waals surface area contributed by atoms with Crippen LogP contribution in [0.3, 0.4) is 0 Å². The smallest absolute Gasteiger partial charge is 0.235 e. The van der Waals surface area contributed by atoms with Gasteiger partial charge in [-0.15, -0.1) is 0 Å². The summed E-state index contributed by atoms with van der Waals surface area (Å²) in [5.74, 6) is 5.14. The molecule has 0 unspecified atom stereocenters. The molecule has 0 aliphatic heterocycles. The number of ether oxygens (including phenoxy) is 1. The molecule has 0 radical (unpaired) electrons. The number of sulfonamides is 1. The molecule has 20 heavy (non-hydrogen) atoms. The van der Waals surface area contributed by atoms with Gasteiger partial charge in [0.05, 0.1) is 18.0 Å². The molecule has 0 aromatic heterocycles. The fourth-order valence-electron chi connectivity index (χ4n) is 1.52. The average molecular weight is 297 g/mol. The number of benzene rings is 1. The molecule has 0 fully saturated rings. The SMILES string of the molecule is CCOCCS(=O)(=O)Nc1ccc(C)cc1C#CCO. The molecular formula is C14H19NO4S. The zero-order valence-electron chi connectivity index (χ0n) is 11.6. The lowest BCUT2D eigenvalue weighted by Crippen LogP contribution is -2.20. The first-order valence-electron chi connectivity index (χ1n) is 6.27. The minimum atomic E-state index is -3.47. The highest BCUT2D eigenvalue weighted by atomic mass is 32.2. The summed E-state index contributed by atoms with van der Waals surface area (Å²) < 4.78 is 31.3. The van der Waals surface area contributed by atoms with Crippen LogP contribution in [0.5, 0.6) is 0 Å². The molecule has 0 saturated carbocycles.